The minimum atomic E-state index is -0.491. The normalized spacial score (nSPS) is 29.4. The summed E-state index contributed by atoms with van der Waals surface area (Å²) in [4.78, 5) is 39.1. The zero-order valence-corrected chi connectivity index (χ0v) is 14.4. The quantitative estimate of drug-likeness (QED) is 0.473. The van der Waals surface area contributed by atoms with Crippen LogP contribution in [-0.4, -0.2) is 24.9 Å². The van der Waals surface area contributed by atoms with Crippen molar-refractivity contribution in [1.29, 1.82) is 0 Å². The number of rotatable bonds is 2. The van der Waals surface area contributed by atoms with Crippen LogP contribution in [0.25, 0.3) is 0 Å². The summed E-state index contributed by atoms with van der Waals surface area (Å²) < 4.78 is 4.72. The number of carbonyl (C=O) groups is 3. The van der Waals surface area contributed by atoms with Gasteiger partial charge < -0.3 is 4.74 Å². The van der Waals surface area contributed by atoms with Crippen LogP contribution in [0.4, 0.5) is 5.69 Å². The summed E-state index contributed by atoms with van der Waals surface area (Å²) in [5, 5.41) is 0. The molecule has 128 valence electrons. The summed E-state index contributed by atoms with van der Waals surface area (Å²) in [5.41, 5.74) is 3.17. The summed E-state index contributed by atoms with van der Waals surface area (Å²) in [6.07, 6.45) is 4.13. The first-order valence-electron chi connectivity index (χ1n) is 8.37. The molecule has 5 nitrogen and oxygen atoms in total. The molecule has 1 aromatic carbocycles. The highest BCUT2D eigenvalue weighted by atomic mass is 16.5. The minimum Gasteiger partial charge on any atom is -0.465 e. The average molecular weight is 337 g/mol. The maximum Gasteiger partial charge on any atom is 0.337 e. The summed E-state index contributed by atoms with van der Waals surface area (Å²) >= 11 is 0. The van der Waals surface area contributed by atoms with E-state index in [0.29, 0.717) is 11.3 Å². The van der Waals surface area contributed by atoms with E-state index < -0.39 is 5.97 Å². The number of allylic oxidation sites excluding steroid dienone is 4. The van der Waals surface area contributed by atoms with Crippen LogP contribution >= 0.6 is 0 Å². The molecule has 0 spiro atoms. The van der Waals surface area contributed by atoms with E-state index in [9.17, 15) is 14.4 Å². The number of nitrogens with zero attached hydrogens (tertiary/aromatic N) is 1. The van der Waals surface area contributed by atoms with Crippen molar-refractivity contribution in [2.24, 2.45) is 23.7 Å². The number of hydrogen-bond donors (Lipinski definition) is 0. The lowest BCUT2D eigenvalue weighted by Gasteiger charge is -2.19. The molecular formula is C20H19NO4. The molecule has 0 radical (unpaired) electrons. The Morgan fingerprint density at radius 2 is 1.64 bits per heavy atom. The van der Waals surface area contributed by atoms with Gasteiger partial charge in [0.25, 0.3) is 0 Å². The first-order chi connectivity index (χ1) is 12.0. The Morgan fingerprint density at radius 3 is 2.16 bits per heavy atom. The van der Waals surface area contributed by atoms with Gasteiger partial charge in [-0.1, -0.05) is 29.4 Å². The van der Waals surface area contributed by atoms with Gasteiger partial charge in [0.2, 0.25) is 11.8 Å². The zero-order chi connectivity index (χ0) is 17.9. The van der Waals surface area contributed by atoms with E-state index in [2.05, 4.69) is 12.2 Å². The molecule has 2 amide bonds. The number of esters is 1. The molecule has 1 aromatic rings. The third-order valence-electron chi connectivity index (χ3n) is 5.52. The Hall–Kier alpha value is -2.69. The first kappa shape index (κ1) is 15.8. The van der Waals surface area contributed by atoms with Gasteiger partial charge in [-0.15, -0.1) is 0 Å². The number of hydrogen-bond acceptors (Lipinski definition) is 4. The minimum absolute atomic E-state index is 0.0187. The van der Waals surface area contributed by atoms with E-state index in [0.717, 1.165) is 0 Å². The van der Waals surface area contributed by atoms with Crippen molar-refractivity contribution in [1.82, 2.24) is 0 Å². The highest BCUT2D eigenvalue weighted by Gasteiger charge is 2.61. The first-order valence-corrected chi connectivity index (χ1v) is 8.37. The average Bonchev–Trinajstić information content (AvgIpc) is 3.24. The van der Waals surface area contributed by atoms with Gasteiger partial charge in [0.15, 0.2) is 0 Å². The lowest BCUT2D eigenvalue weighted by Crippen LogP contribution is -2.33. The van der Waals surface area contributed by atoms with Crippen molar-refractivity contribution in [2.45, 2.75) is 13.8 Å². The smallest absolute Gasteiger partial charge is 0.337 e. The molecule has 2 aliphatic carbocycles. The molecule has 1 saturated heterocycles. The monoisotopic (exact) mass is 337 g/mol. The highest BCUT2D eigenvalue weighted by Crippen LogP contribution is 2.57. The number of methoxy groups -OCH3 is 1. The van der Waals surface area contributed by atoms with E-state index in [4.69, 9.17) is 4.74 Å². The van der Waals surface area contributed by atoms with E-state index in [-0.39, 0.29) is 35.5 Å². The molecule has 0 N–H and O–H groups in total. The van der Waals surface area contributed by atoms with Crippen molar-refractivity contribution in [3.8, 4) is 0 Å². The SMILES string of the molecule is COC(=O)c1cccc(N2C(=O)[C@@H]3[C@H](C2=O)[C@@H]2C=C[C@H]3C2=C(C)C)c1. The summed E-state index contributed by atoms with van der Waals surface area (Å²) in [6, 6.07) is 6.48. The van der Waals surface area contributed by atoms with Crippen LogP contribution in [0.1, 0.15) is 24.2 Å². The van der Waals surface area contributed by atoms with Crippen LogP contribution in [0.5, 0.6) is 0 Å². The van der Waals surface area contributed by atoms with Crippen LogP contribution in [0.15, 0.2) is 47.6 Å². The second-order valence-electron chi connectivity index (χ2n) is 7.00. The Kier molecular flexibility index (Phi) is 3.42. The van der Waals surface area contributed by atoms with Crippen molar-refractivity contribution in [3.63, 3.8) is 0 Å². The fraction of sp³-hybridized carbons (Fsp3) is 0.350. The molecule has 0 unspecified atom stereocenters. The van der Waals surface area contributed by atoms with Gasteiger partial charge in [0.1, 0.15) is 0 Å². The molecule has 1 heterocycles. The van der Waals surface area contributed by atoms with E-state index in [1.807, 2.05) is 13.8 Å². The number of fused-ring (bicyclic) bond motifs is 5. The fourth-order valence-electron chi connectivity index (χ4n) is 4.57. The fourth-order valence-corrected chi connectivity index (χ4v) is 4.57. The van der Waals surface area contributed by atoms with Crippen LogP contribution in [0.3, 0.4) is 0 Å². The van der Waals surface area contributed by atoms with Gasteiger partial charge in [0, 0.05) is 11.8 Å². The number of anilines is 1. The van der Waals surface area contributed by atoms with E-state index in [1.54, 1.807) is 24.3 Å². The van der Waals surface area contributed by atoms with Gasteiger partial charge in [0.05, 0.1) is 30.2 Å². The van der Waals surface area contributed by atoms with Gasteiger partial charge in [-0.3, -0.25) is 9.59 Å². The number of carbonyl (C=O) groups excluding carboxylic acids is 3. The summed E-state index contributed by atoms with van der Waals surface area (Å²) in [7, 11) is 1.30. The second kappa shape index (κ2) is 5.41. The third kappa shape index (κ3) is 2.05. The molecule has 1 saturated carbocycles. The Labute approximate surface area is 146 Å². The molecule has 4 atom stereocenters. The lowest BCUT2D eigenvalue weighted by atomic mass is 9.85. The number of amides is 2. The molecule has 4 rings (SSSR count). The second-order valence-corrected chi connectivity index (χ2v) is 7.00. The topological polar surface area (TPSA) is 63.7 Å². The molecular weight excluding hydrogens is 318 g/mol. The van der Waals surface area contributed by atoms with Crippen LogP contribution in [0.2, 0.25) is 0 Å². The van der Waals surface area contributed by atoms with E-state index in [1.165, 1.54) is 23.2 Å². The number of imide groups is 1. The van der Waals surface area contributed by atoms with Crippen LogP contribution in [0, 0.1) is 23.7 Å². The van der Waals surface area contributed by atoms with Gasteiger partial charge in [-0.2, -0.15) is 0 Å². The largest absolute Gasteiger partial charge is 0.465 e. The van der Waals surface area contributed by atoms with Crippen LogP contribution < -0.4 is 4.90 Å². The highest BCUT2D eigenvalue weighted by molar-refractivity contribution is 6.23. The molecule has 0 aromatic heterocycles. The van der Waals surface area contributed by atoms with Crippen LogP contribution in [-0.2, 0) is 14.3 Å². The Morgan fingerprint density at radius 1 is 1.04 bits per heavy atom. The standard InChI is InChI=1S/C20H19NO4/c1-10(2)15-13-7-8-14(15)17-16(13)18(22)21(19(17)23)12-6-4-5-11(9-12)20(24)25-3/h4-9,13-14,16-17H,1-3H3/t13-,14+,16-,17+. The summed E-state index contributed by atoms with van der Waals surface area (Å²) in [6.45, 7) is 4.08. The lowest BCUT2D eigenvalue weighted by molar-refractivity contribution is -0.122. The molecule has 3 aliphatic rings. The number of benzene rings is 1. The molecule has 25 heavy (non-hydrogen) atoms. The van der Waals surface area contributed by atoms with Gasteiger partial charge in [-0.25, -0.2) is 9.69 Å². The maximum atomic E-state index is 13.0. The molecule has 1 aliphatic heterocycles. The predicted octanol–water partition coefficient (Wildman–Crippen LogP) is 2.73. The molecule has 2 bridgehead atoms. The molecule has 2 fully saturated rings. The number of ether oxygens (including phenoxy) is 1. The van der Waals surface area contributed by atoms with Crippen molar-refractivity contribution >= 4 is 23.5 Å². The zero-order valence-electron chi connectivity index (χ0n) is 14.4. The van der Waals surface area contributed by atoms with Gasteiger partial charge >= 0.3 is 5.97 Å². The third-order valence-corrected chi connectivity index (χ3v) is 5.52. The summed E-state index contributed by atoms with van der Waals surface area (Å²) in [5.74, 6) is -1.45. The Bertz CT molecular complexity index is 828. The Balaban J connectivity index is 1.73. The van der Waals surface area contributed by atoms with Gasteiger partial charge in [-0.05, 0) is 32.0 Å². The van der Waals surface area contributed by atoms with Crippen molar-refractivity contribution < 1.29 is 19.1 Å². The molecule has 5 heteroatoms. The maximum absolute atomic E-state index is 13.0. The predicted molar refractivity (Wildman–Crippen MR) is 91.7 cm³/mol. The van der Waals surface area contributed by atoms with Crippen molar-refractivity contribution in [3.05, 3.63) is 53.1 Å². The van der Waals surface area contributed by atoms with E-state index >= 15 is 0 Å². The van der Waals surface area contributed by atoms with Crippen molar-refractivity contribution in [2.75, 3.05) is 12.0 Å².